The summed E-state index contributed by atoms with van der Waals surface area (Å²) in [6.07, 6.45) is 33.6. The van der Waals surface area contributed by atoms with Crippen molar-refractivity contribution in [3.8, 4) is 0 Å². The van der Waals surface area contributed by atoms with Crippen LogP contribution in [0.2, 0.25) is 0 Å². The fourth-order valence-electron chi connectivity index (χ4n) is 3.41. The van der Waals surface area contributed by atoms with E-state index in [1.807, 2.05) is 0 Å². The lowest BCUT2D eigenvalue weighted by atomic mass is 10.1. The first kappa shape index (κ1) is 31.7. The second kappa shape index (κ2) is 23.1. The second-order valence-electron chi connectivity index (χ2n) is 8.76. The van der Waals surface area contributed by atoms with E-state index in [2.05, 4.69) is 78.0 Å². The van der Waals surface area contributed by atoms with Crippen LogP contribution in [-0.2, 0) is 9.59 Å². The highest BCUT2D eigenvalue weighted by Gasteiger charge is 2.09. The van der Waals surface area contributed by atoms with E-state index in [1.54, 1.807) is 18.3 Å². The standard InChI is InChI=1S/C32H44N2O3/c1-2-3-4-5-6-7-8-9-10-11-12-13-14-15-16-17-18-22-30(35)23-20-27-34-32(37)25-24-31(36)29-21-19-26-33-28-29/h3-4,6-7,9-10,12-13,15-16,19,21,26,28H,2,5,8,11,14,17-18,20,22-25,27H2,1H3,(H,34,37)/b4-3-,7-6-,10-9-,13-12-,16-15-. The Morgan fingerprint density at radius 3 is 1.95 bits per heavy atom. The van der Waals surface area contributed by atoms with Gasteiger partial charge in [-0.15, -0.1) is 0 Å². The number of nitrogens with zero attached hydrogens (tertiary/aromatic N) is 1. The summed E-state index contributed by atoms with van der Waals surface area (Å²) in [4.78, 5) is 39.8. The molecule has 0 saturated carbocycles. The summed E-state index contributed by atoms with van der Waals surface area (Å²) < 4.78 is 0. The number of ketones is 2. The van der Waals surface area contributed by atoms with Crippen molar-refractivity contribution >= 4 is 17.5 Å². The quantitative estimate of drug-likeness (QED) is 0.107. The molecule has 0 fully saturated rings. The van der Waals surface area contributed by atoms with Gasteiger partial charge in [-0.1, -0.05) is 67.7 Å². The molecule has 1 aromatic rings. The third-order valence-electron chi connectivity index (χ3n) is 5.50. The number of hydrogen-bond acceptors (Lipinski definition) is 4. The molecule has 1 rings (SSSR count). The zero-order valence-electron chi connectivity index (χ0n) is 22.4. The number of nitrogens with one attached hydrogen (secondary N) is 1. The van der Waals surface area contributed by atoms with E-state index < -0.39 is 0 Å². The maximum Gasteiger partial charge on any atom is 0.220 e. The Morgan fingerprint density at radius 2 is 1.35 bits per heavy atom. The van der Waals surface area contributed by atoms with E-state index in [-0.39, 0.29) is 30.3 Å². The van der Waals surface area contributed by atoms with Gasteiger partial charge in [-0.25, -0.2) is 0 Å². The van der Waals surface area contributed by atoms with Gasteiger partial charge in [-0.05, 0) is 63.5 Å². The van der Waals surface area contributed by atoms with Gasteiger partial charge >= 0.3 is 0 Å². The molecule has 1 N–H and O–H groups in total. The van der Waals surface area contributed by atoms with Crippen molar-refractivity contribution in [2.75, 3.05) is 6.54 Å². The molecular formula is C32H44N2O3. The van der Waals surface area contributed by atoms with Gasteiger partial charge in [-0.3, -0.25) is 19.4 Å². The molecule has 0 unspecified atom stereocenters. The number of aromatic nitrogens is 1. The van der Waals surface area contributed by atoms with Crippen LogP contribution < -0.4 is 5.32 Å². The molecule has 0 saturated heterocycles. The number of pyridine rings is 1. The topological polar surface area (TPSA) is 76.1 Å². The number of carbonyl (C=O) groups is 3. The number of unbranched alkanes of at least 4 members (excludes halogenated alkanes) is 1. The molecule has 0 atom stereocenters. The zero-order valence-corrected chi connectivity index (χ0v) is 22.4. The Balaban J connectivity index is 1.95. The molecule has 0 aliphatic carbocycles. The molecule has 5 nitrogen and oxygen atoms in total. The lowest BCUT2D eigenvalue weighted by molar-refractivity contribution is -0.122. The largest absolute Gasteiger partial charge is 0.356 e. The van der Waals surface area contributed by atoms with Gasteiger partial charge in [0.1, 0.15) is 5.78 Å². The summed E-state index contributed by atoms with van der Waals surface area (Å²) in [7, 11) is 0. The molecule has 0 bridgehead atoms. The summed E-state index contributed by atoms with van der Waals surface area (Å²) in [6.45, 7) is 2.60. The molecular weight excluding hydrogens is 460 g/mol. The molecule has 1 aromatic heterocycles. The van der Waals surface area contributed by atoms with E-state index in [4.69, 9.17) is 0 Å². The fourth-order valence-corrected chi connectivity index (χ4v) is 3.41. The Bertz CT molecular complexity index is 911. The van der Waals surface area contributed by atoms with E-state index in [1.165, 1.54) is 6.20 Å². The second-order valence-corrected chi connectivity index (χ2v) is 8.76. The van der Waals surface area contributed by atoms with Crippen LogP contribution in [0.3, 0.4) is 0 Å². The smallest absolute Gasteiger partial charge is 0.220 e. The maximum atomic E-state index is 12.0. The molecule has 0 aliphatic rings. The first-order valence-electron chi connectivity index (χ1n) is 13.6. The molecule has 0 aromatic carbocycles. The molecule has 5 heteroatoms. The van der Waals surface area contributed by atoms with Crippen molar-refractivity contribution in [2.45, 2.75) is 84.0 Å². The predicted molar refractivity (Wildman–Crippen MR) is 153 cm³/mol. The molecule has 37 heavy (non-hydrogen) atoms. The van der Waals surface area contributed by atoms with Gasteiger partial charge in [0.15, 0.2) is 5.78 Å². The van der Waals surface area contributed by atoms with Crippen molar-refractivity contribution in [3.05, 3.63) is 90.9 Å². The van der Waals surface area contributed by atoms with Crippen molar-refractivity contribution in [1.82, 2.24) is 10.3 Å². The fraction of sp³-hybridized carbons (Fsp3) is 0.438. The van der Waals surface area contributed by atoms with E-state index in [9.17, 15) is 14.4 Å². The van der Waals surface area contributed by atoms with Gasteiger partial charge < -0.3 is 5.32 Å². The van der Waals surface area contributed by atoms with Crippen LogP contribution in [-0.4, -0.2) is 29.0 Å². The average Bonchev–Trinajstić information content (AvgIpc) is 2.92. The normalized spacial score (nSPS) is 12.0. The Hall–Kier alpha value is -3.34. The number of carbonyl (C=O) groups excluding carboxylic acids is 3. The predicted octanol–water partition coefficient (Wildman–Crippen LogP) is 7.43. The molecule has 0 spiro atoms. The zero-order chi connectivity index (χ0) is 26.8. The van der Waals surface area contributed by atoms with Crippen LogP contribution in [0.15, 0.2) is 85.3 Å². The lowest BCUT2D eigenvalue weighted by Gasteiger charge is -2.05. The van der Waals surface area contributed by atoms with Gasteiger partial charge in [-0.2, -0.15) is 0 Å². The summed E-state index contributed by atoms with van der Waals surface area (Å²) >= 11 is 0. The first-order valence-corrected chi connectivity index (χ1v) is 13.6. The molecule has 1 heterocycles. The van der Waals surface area contributed by atoms with Crippen LogP contribution in [0.1, 0.15) is 94.3 Å². The lowest BCUT2D eigenvalue weighted by Crippen LogP contribution is -2.25. The van der Waals surface area contributed by atoms with E-state index in [0.29, 0.717) is 31.4 Å². The minimum absolute atomic E-state index is 0.0917. The van der Waals surface area contributed by atoms with Gasteiger partial charge in [0.05, 0.1) is 0 Å². The summed E-state index contributed by atoms with van der Waals surface area (Å²) in [5, 5.41) is 2.78. The van der Waals surface area contributed by atoms with Gasteiger partial charge in [0.25, 0.3) is 0 Å². The monoisotopic (exact) mass is 504 g/mol. The van der Waals surface area contributed by atoms with Crippen molar-refractivity contribution in [2.24, 2.45) is 0 Å². The van der Waals surface area contributed by atoms with Crippen LogP contribution in [0.4, 0.5) is 0 Å². The highest BCUT2D eigenvalue weighted by molar-refractivity contribution is 5.97. The Morgan fingerprint density at radius 1 is 0.757 bits per heavy atom. The number of allylic oxidation sites excluding steroid dienone is 10. The summed E-state index contributed by atoms with van der Waals surface area (Å²) in [5.74, 6) is -0.0256. The van der Waals surface area contributed by atoms with E-state index in [0.717, 1.165) is 44.9 Å². The summed E-state index contributed by atoms with van der Waals surface area (Å²) in [5.41, 5.74) is 0.519. The molecule has 0 radical (unpaired) electrons. The summed E-state index contributed by atoms with van der Waals surface area (Å²) in [6, 6.07) is 3.40. The average molecular weight is 505 g/mol. The Kier molecular flexibility index (Phi) is 19.8. The molecule has 0 aliphatic heterocycles. The van der Waals surface area contributed by atoms with Gasteiger partial charge in [0.2, 0.25) is 5.91 Å². The highest BCUT2D eigenvalue weighted by atomic mass is 16.2. The number of amides is 1. The number of Topliss-reactive ketones (excluding diaryl/α,β-unsaturated/α-hetero) is 2. The van der Waals surface area contributed by atoms with Crippen molar-refractivity contribution < 1.29 is 14.4 Å². The third kappa shape index (κ3) is 19.5. The van der Waals surface area contributed by atoms with Gasteiger partial charge in [0, 0.05) is 50.2 Å². The van der Waals surface area contributed by atoms with Crippen LogP contribution in [0.25, 0.3) is 0 Å². The van der Waals surface area contributed by atoms with Crippen LogP contribution >= 0.6 is 0 Å². The highest BCUT2D eigenvalue weighted by Crippen LogP contribution is 2.05. The first-order chi connectivity index (χ1) is 18.1. The minimum Gasteiger partial charge on any atom is -0.356 e. The SMILES string of the molecule is CC/C=C\C/C=C\C/C=C\C/C=C\C/C=C\CCCC(=O)CCCNC(=O)CCC(=O)c1cccnc1. The van der Waals surface area contributed by atoms with Crippen molar-refractivity contribution in [3.63, 3.8) is 0 Å². The maximum absolute atomic E-state index is 12.0. The molecule has 1 amide bonds. The number of hydrogen-bond donors (Lipinski definition) is 1. The third-order valence-corrected chi connectivity index (χ3v) is 5.50. The van der Waals surface area contributed by atoms with Crippen LogP contribution in [0, 0.1) is 0 Å². The van der Waals surface area contributed by atoms with Crippen molar-refractivity contribution in [1.29, 1.82) is 0 Å². The Labute approximate surface area is 223 Å². The number of rotatable bonds is 21. The van der Waals surface area contributed by atoms with E-state index >= 15 is 0 Å². The molecule has 200 valence electrons. The minimum atomic E-state index is -0.164. The van der Waals surface area contributed by atoms with Crippen LogP contribution in [0.5, 0.6) is 0 Å².